The Morgan fingerprint density at radius 1 is 1.04 bits per heavy atom. The highest BCUT2D eigenvalue weighted by Crippen LogP contribution is 2.24. The van der Waals surface area contributed by atoms with Crippen LogP contribution in [0.25, 0.3) is 0 Å². The van der Waals surface area contributed by atoms with Crippen LogP contribution < -0.4 is 0 Å². The third-order valence-electron chi connectivity index (χ3n) is 6.09. The molecule has 2 heteroatoms. The number of rotatable bonds is 9. The van der Waals surface area contributed by atoms with Crippen LogP contribution >= 0.6 is 0 Å². The second kappa shape index (κ2) is 10.0. The summed E-state index contributed by atoms with van der Waals surface area (Å²) in [5.41, 5.74) is 0.343. The first-order valence-electron chi connectivity index (χ1n) is 10.2. The van der Waals surface area contributed by atoms with Crippen molar-refractivity contribution < 1.29 is 0 Å². The van der Waals surface area contributed by atoms with Gasteiger partial charge in [0.05, 0.1) is 0 Å². The molecule has 0 saturated carbocycles. The van der Waals surface area contributed by atoms with Crippen LogP contribution in [0.15, 0.2) is 0 Å². The molecular weight excluding hydrogens is 280 g/mol. The lowest BCUT2D eigenvalue weighted by Gasteiger charge is -2.43. The molecule has 1 rings (SSSR count). The van der Waals surface area contributed by atoms with E-state index in [0.29, 0.717) is 5.54 Å². The van der Waals surface area contributed by atoms with Gasteiger partial charge in [-0.3, -0.25) is 4.90 Å². The Labute approximate surface area is 147 Å². The van der Waals surface area contributed by atoms with Crippen LogP contribution in [0.2, 0.25) is 0 Å². The van der Waals surface area contributed by atoms with Crippen molar-refractivity contribution in [2.75, 3.05) is 26.7 Å². The molecule has 0 aromatic carbocycles. The molecule has 1 heterocycles. The molecule has 23 heavy (non-hydrogen) atoms. The zero-order valence-electron chi connectivity index (χ0n) is 17.2. The fourth-order valence-corrected chi connectivity index (χ4v) is 4.11. The summed E-state index contributed by atoms with van der Waals surface area (Å²) in [6.07, 6.45) is 9.69. The van der Waals surface area contributed by atoms with Gasteiger partial charge in [-0.2, -0.15) is 0 Å². The minimum atomic E-state index is 0.343. The highest BCUT2D eigenvalue weighted by molar-refractivity contribution is 4.84. The minimum absolute atomic E-state index is 0.343. The van der Waals surface area contributed by atoms with Crippen molar-refractivity contribution in [3.05, 3.63) is 0 Å². The van der Waals surface area contributed by atoms with Gasteiger partial charge < -0.3 is 4.90 Å². The second-order valence-electron chi connectivity index (χ2n) is 9.13. The van der Waals surface area contributed by atoms with E-state index >= 15 is 0 Å². The third kappa shape index (κ3) is 7.56. The number of nitrogens with zero attached hydrogens (tertiary/aromatic N) is 2. The van der Waals surface area contributed by atoms with E-state index in [0.717, 1.165) is 17.9 Å². The van der Waals surface area contributed by atoms with Crippen LogP contribution in [0.5, 0.6) is 0 Å². The summed E-state index contributed by atoms with van der Waals surface area (Å²) in [5, 5.41) is 0. The molecule has 1 unspecified atom stereocenters. The van der Waals surface area contributed by atoms with Gasteiger partial charge in [-0.05, 0) is 65.5 Å². The largest absolute Gasteiger partial charge is 0.303 e. The monoisotopic (exact) mass is 324 g/mol. The van der Waals surface area contributed by atoms with Crippen molar-refractivity contribution in [2.24, 2.45) is 11.8 Å². The van der Waals surface area contributed by atoms with Crippen molar-refractivity contribution in [3.63, 3.8) is 0 Å². The fraction of sp³-hybridized carbons (Fsp3) is 1.00. The number of piperidine rings is 1. The van der Waals surface area contributed by atoms with E-state index in [1.165, 1.54) is 64.6 Å². The van der Waals surface area contributed by atoms with Crippen LogP contribution in [-0.4, -0.2) is 48.1 Å². The number of likely N-dealkylation sites (tertiary alicyclic amines) is 1. The SMILES string of the molecule is CCC(CCCCCN(C)C1CCN(C(C)(C)C)CC1)C(C)C. The molecule has 0 N–H and O–H groups in total. The third-order valence-corrected chi connectivity index (χ3v) is 6.09. The van der Waals surface area contributed by atoms with Crippen LogP contribution in [0.4, 0.5) is 0 Å². The van der Waals surface area contributed by atoms with E-state index < -0.39 is 0 Å². The maximum atomic E-state index is 2.65. The molecule has 1 aliphatic heterocycles. The van der Waals surface area contributed by atoms with E-state index in [1.54, 1.807) is 0 Å². The summed E-state index contributed by atoms with van der Waals surface area (Å²) < 4.78 is 0. The highest BCUT2D eigenvalue weighted by Gasteiger charge is 2.28. The molecular formula is C21H44N2. The predicted molar refractivity (Wildman–Crippen MR) is 104 cm³/mol. The molecule has 0 amide bonds. The minimum Gasteiger partial charge on any atom is -0.303 e. The van der Waals surface area contributed by atoms with Gasteiger partial charge in [0.15, 0.2) is 0 Å². The lowest BCUT2D eigenvalue weighted by atomic mass is 9.88. The maximum absolute atomic E-state index is 2.65. The Kier molecular flexibility index (Phi) is 9.15. The zero-order chi connectivity index (χ0) is 17.5. The lowest BCUT2D eigenvalue weighted by molar-refractivity contribution is 0.0649. The Hall–Kier alpha value is -0.0800. The van der Waals surface area contributed by atoms with Gasteiger partial charge in [-0.1, -0.05) is 46.5 Å². The van der Waals surface area contributed by atoms with Crippen LogP contribution in [0, 0.1) is 11.8 Å². The number of hydrogen-bond donors (Lipinski definition) is 0. The summed E-state index contributed by atoms with van der Waals surface area (Å²) in [6, 6.07) is 0.813. The van der Waals surface area contributed by atoms with Gasteiger partial charge >= 0.3 is 0 Å². The summed E-state index contributed by atoms with van der Waals surface area (Å²) >= 11 is 0. The van der Waals surface area contributed by atoms with Gasteiger partial charge in [0.25, 0.3) is 0 Å². The highest BCUT2D eigenvalue weighted by atomic mass is 15.2. The molecule has 138 valence electrons. The smallest absolute Gasteiger partial charge is 0.0125 e. The number of hydrogen-bond acceptors (Lipinski definition) is 2. The predicted octanol–water partition coefficient (Wildman–Crippen LogP) is 5.42. The molecule has 0 radical (unpaired) electrons. The first-order valence-corrected chi connectivity index (χ1v) is 10.2. The molecule has 0 aliphatic carbocycles. The van der Waals surface area contributed by atoms with Crippen LogP contribution in [-0.2, 0) is 0 Å². The van der Waals surface area contributed by atoms with E-state index in [-0.39, 0.29) is 0 Å². The normalized spacial score (nSPS) is 19.7. The average Bonchev–Trinajstić information content (AvgIpc) is 2.49. The van der Waals surface area contributed by atoms with Crippen molar-refractivity contribution in [1.29, 1.82) is 0 Å². The summed E-state index contributed by atoms with van der Waals surface area (Å²) in [7, 11) is 2.35. The van der Waals surface area contributed by atoms with E-state index in [9.17, 15) is 0 Å². The molecule has 2 nitrogen and oxygen atoms in total. The molecule has 1 aliphatic rings. The molecule has 0 spiro atoms. The van der Waals surface area contributed by atoms with Gasteiger partial charge in [-0.15, -0.1) is 0 Å². The molecule has 1 saturated heterocycles. The van der Waals surface area contributed by atoms with E-state index in [2.05, 4.69) is 58.4 Å². The standard InChI is InChI=1S/C21H44N2/c1-8-19(18(2)3)12-10-9-11-15-22(7)20-13-16-23(17-14-20)21(4,5)6/h18-20H,8-17H2,1-7H3. The Morgan fingerprint density at radius 3 is 2.13 bits per heavy atom. The van der Waals surface area contributed by atoms with Crippen molar-refractivity contribution in [1.82, 2.24) is 9.80 Å². The Bertz CT molecular complexity index is 297. The second-order valence-corrected chi connectivity index (χ2v) is 9.13. The molecule has 0 aromatic rings. The lowest BCUT2D eigenvalue weighted by Crippen LogP contribution is -2.50. The van der Waals surface area contributed by atoms with Crippen LogP contribution in [0.3, 0.4) is 0 Å². The van der Waals surface area contributed by atoms with Gasteiger partial charge in [0.1, 0.15) is 0 Å². The van der Waals surface area contributed by atoms with Crippen molar-refractivity contribution in [2.45, 2.75) is 98.1 Å². The zero-order valence-corrected chi connectivity index (χ0v) is 17.2. The van der Waals surface area contributed by atoms with E-state index in [1.807, 2.05) is 0 Å². The number of unbranched alkanes of at least 4 members (excludes halogenated alkanes) is 2. The maximum Gasteiger partial charge on any atom is 0.0125 e. The average molecular weight is 325 g/mol. The Balaban J connectivity index is 2.14. The van der Waals surface area contributed by atoms with E-state index in [4.69, 9.17) is 0 Å². The Morgan fingerprint density at radius 2 is 1.65 bits per heavy atom. The summed E-state index contributed by atoms with van der Waals surface area (Å²) in [5.74, 6) is 1.80. The molecule has 1 atom stereocenters. The molecule has 0 bridgehead atoms. The van der Waals surface area contributed by atoms with Crippen molar-refractivity contribution >= 4 is 0 Å². The van der Waals surface area contributed by atoms with Gasteiger partial charge in [-0.25, -0.2) is 0 Å². The topological polar surface area (TPSA) is 6.48 Å². The van der Waals surface area contributed by atoms with Gasteiger partial charge in [0, 0.05) is 24.7 Å². The summed E-state index contributed by atoms with van der Waals surface area (Å²) in [4.78, 5) is 5.29. The van der Waals surface area contributed by atoms with Crippen LogP contribution in [0.1, 0.15) is 86.5 Å². The molecule has 1 fully saturated rings. The first kappa shape index (κ1) is 21.0. The quantitative estimate of drug-likeness (QED) is 0.522. The fourth-order valence-electron chi connectivity index (χ4n) is 4.11. The van der Waals surface area contributed by atoms with Gasteiger partial charge in [0.2, 0.25) is 0 Å². The summed E-state index contributed by atoms with van der Waals surface area (Å²) in [6.45, 7) is 18.0. The van der Waals surface area contributed by atoms with Crippen molar-refractivity contribution in [3.8, 4) is 0 Å². The first-order chi connectivity index (χ1) is 10.8. The molecule has 0 aromatic heterocycles.